The Balaban J connectivity index is 2.10. The number of guanidine groups is 1. The summed E-state index contributed by atoms with van der Waals surface area (Å²) in [6.45, 7) is 0.311. The van der Waals surface area contributed by atoms with Gasteiger partial charge < -0.3 is 26.8 Å². The summed E-state index contributed by atoms with van der Waals surface area (Å²) in [4.78, 5) is 37.3. The molecule has 2 rings (SSSR count). The molecule has 32 heavy (non-hydrogen) atoms. The van der Waals surface area contributed by atoms with Crippen LogP contribution in [0.5, 0.6) is 0 Å². The molecule has 2 aromatic carbocycles. The molecule has 9 nitrogen and oxygen atoms in total. The summed E-state index contributed by atoms with van der Waals surface area (Å²) >= 11 is 2.13. The van der Waals surface area contributed by atoms with Gasteiger partial charge in [-0.15, -0.1) is 0 Å². The Morgan fingerprint density at radius 1 is 1.00 bits per heavy atom. The van der Waals surface area contributed by atoms with E-state index in [4.69, 9.17) is 11.1 Å². The van der Waals surface area contributed by atoms with E-state index in [0.29, 0.717) is 18.5 Å². The number of carbonyl (C=O) groups is 3. The molecular formula is C22H26IN5O4. The minimum absolute atomic E-state index is 0.143. The number of rotatable bonds is 11. The van der Waals surface area contributed by atoms with E-state index in [1.54, 1.807) is 24.3 Å². The number of nitrogens with two attached hydrogens (primary N) is 1. The number of hydrogen-bond donors (Lipinski definition) is 6. The van der Waals surface area contributed by atoms with E-state index in [-0.39, 0.29) is 18.8 Å². The molecule has 2 amide bonds. The monoisotopic (exact) mass is 551 g/mol. The fourth-order valence-electron chi connectivity index (χ4n) is 2.96. The topological polar surface area (TPSA) is 157 Å². The largest absolute Gasteiger partial charge is 0.480 e. The van der Waals surface area contributed by atoms with Gasteiger partial charge in [0.2, 0.25) is 5.91 Å². The summed E-state index contributed by atoms with van der Waals surface area (Å²) in [6, 6.07) is 14.0. The van der Waals surface area contributed by atoms with Gasteiger partial charge in [-0.05, 0) is 65.3 Å². The normalized spacial score (nSPS) is 12.3. The zero-order valence-electron chi connectivity index (χ0n) is 17.3. The molecule has 0 heterocycles. The first-order valence-electron chi connectivity index (χ1n) is 9.97. The highest BCUT2D eigenvalue weighted by Crippen LogP contribution is 2.09. The van der Waals surface area contributed by atoms with Crippen LogP contribution in [0.4, 0.5) is 0 Å². The standard InChI is InChI=1S/C22H26IN5O4/c23-16-10-8-15(9-11-16)19(29)28-18(13-14-5-2-1-3-6-14)20(30)27-17(21(31)32)7-4-12-26-22(24)25/h1-3,5-6,8-11,17-18H,4,7,12-13H2,(H,27,30)(H,28,29)(H,31,32)(H4,24,25,26)/t17-,18-/m0/s1. The van der Waals surface area contributed by atoms with Crippen LogP contribution in [0.15, 0.2) is 54.6 Å². The van der Waals surface area contributed by atoms with Crippen molar-refractivity contribution in [2.75, 3.05) is 6.54 Å². The predicted octanol–water partition coefficient (Wildman–Crippen LogP) is 1.46. The quantitative estimate of drug-likeness (QED) is 0.108. The van der Waals surface area contributed by atoms with Crippen molar-refractivity contribution in [2.24, 2.45) is 5.73 Å². The number of amides is 2. The van der Waals surface area contributed by atoms with E-state index >= 15 is 0 Å². The lowest BCUT2D eigenvalue weighted by Crippen LogP contribution is -2.52. The van der Waals surface area contributed by atoms with E-state index < -0.39 is 29.9 Å². The van der Waals surface area contributed by atoms with Crippen LogP contribution in [0.2, 0.25) is 0 Å². The molecule has 0 radical (unpaired) electrons. The Morgan fingerprint density at radius 3 is 2.25 bits per heavy atom. The number of nitrogens with one attached hydrogen (secondary N) is 4. The van der Waals surface area contributed by atoms with Crippen molar-refractivity contribution in [3.05, 3.63) is 69.3 Å². The lowest BCUT2D eigenvalue weighted by Gasteiger charge is -2.22. The molecule has 2 atom stereocenters. The highest BCUT2D eigenvalue weighted by molar-refractivity contribution is 14.1. The van der Waals surface area contributed by atoms with Crippen molar-refractivity contribution in [3.8, 4) is 0 Å². The summed E-state index contributed by atoms with van der Waals surface area (Å²) in [5, 5.41) is 24.5. The van der Waals surface area contributed by atoms with Gasteiger partial charge in [-0.3, -0.25) is 15.0 Å². The molecule has 0 aromatic heterocycles. The SMILES string of the molecule is N=C(N)NCCC[C@H](NC(=O)[C@H](Cc1ccccc1)NC(=O)c1ccc(I)cc1)C(=O)O. The third-order valence-corrected chi connectivity index (χ3v) is 5.33. The summed E-state index contributed by atoms with van der Waals surface area (Å²) in [7, 11) is 0. The zero-order valence-corrected chi connectivity index (χ0v) is 19.5. The molecule has 7 N–H and O–H groups in total. The van der Waals surface area contributed by atoms with Gasteiger partial charge in [-0.2, -0.15) is 0 Å². The molecule has 0 fully saturated rings. The molecule has 0 aliphatic heterocycles. The van der Waals surface area contributed by atoms with Gasteiger partial charge in [0.15, 0.2) is 5.96 Å². The minimum Gasteiger partial charge on any atom is -0.480 e. The highest BCUT2D eigenvalue weighted by Gasteiger charge is 2.27. The minimum atomic E-state index is -1.18. The van der Waals surface area contributed by atoms with Gasteiger partial charge in [0.1, 0.15) is 12.1 Å². The van der Waals surface area contributed by atoms with Crippen molar-refractivity contribution in [1.82, 2.24) is 16.0 Å². The first kappa shape index (κ1) is 25.1. The third-order valence-electron chi connectivity index (χ3n) is 4.61. The first-order valence-corrected chi connectivity index (χ1v) is 11.1. The third kappa shape index (κ3) is 8.53. The van der Waals surface area contributed by atoms with Crippen molar-refractivity contribution >= 4 is 46.3 Å². The molecule has 0 saturated carbocycles. The molecule has 2 aromatic rings. The van der Waals surface area contributed by atoms with Crippen LogP contribution in [0.1, 0.15) is 28.8 Å². The van der Waals surface area contributed by atoms with E-state index in [1.807, 2.05) is 30.3 Å². The second-order valence-electron chi connectivity index (χ2n) is 7.10. The van der Waals surface area contributed by atoms with Crippen molar-refractivity contribution < 1.29 is 19.5 Å². The number of aliphatic carboxylic acids is 1. The maximum Gasteiger partial charge on any atom is 0.326 e. The Labute approximate surface area is 199 Å². The number of benzene rings is 2. The van der Waals surface area contributed by atoms with Crippen molar-refractivity contribution in [2.45, 2.75) is 31.3 Å². The van der Waals surface area contributed by atoms with Crippen LogP contribution in [-0.4, -0.2) is 47.5 Å². The van der Waals surface area contributed by atoms with Crippen LogP contribution in [0, 0.1) is 8.98 Å². The number of carboxylic acids is 1. The van der Waals surface area contributed by atoms with Crippen LogP contribution in [-0.2, 0) is 16.0 Å². The molecule has 0 spiro atoms. The van der Waals surface area contributed by atoms with Gasteiger partial charge in [-0.1, -0.05) is 30.3 Å². The van der Waals surface area contributed by atoms with Crippen molar-refractivity contribution in [3.63, 3.8) is 0 Å². The summed E-state index contributed by atoms with van der Waals surface area (Å²) < 4.78 is 0.973. The molecule has 0 unspecified atom stereocenters. The van der Waals surface area contributed by atoms with E-state index in [2.05, 4.69) is 38.5 Å². The van der Waals surface area contributed by atoms with Gasteiger partial charge in [0, 0.05) is 22.1 Å². The summed E-state index contributed by atoms with van der Waals surface area (Å²) in [5.41, 5.74) is 6.44. The molecule has 0 saturated heterocycles. The first-order chi connectivity index (χ1) is 15.3. The Morgan fingerprint density at radius 2 is 1.66 bits per heavy atom. The number of carbonyl (C=O) groups excluding carboxylic acids is 2. The summed E-state index contributed by atoms with van der Waals surface area (Å²) in [6.07, 6.45) is 0.737. The van der Waals surface area contributed by atoms with Crippen LogP contribution in [0.25, 0.3) is 0 Å². The zero-order chi connectivity index (χ0) is 23.5. The molecule has 0 aliphatic rings. The fourth-order valence-corrected chi connectivity index (χ4v) is 3.32. The van der Waals surface area contributed by atoms with E-state index in [1.165, 1.54) is 0 Å². The number of carboxylic acid groups (broad SMARTS) is 1. The highest BCUT2D eigenvalue weighted by atomic mass is 127. The molecule has 170 valence electrons. The lowest BCUT2D eigenvalue weighted by molar-refractivity contribution is -0.142. The van der Waals surface area contributed by atoms with Crippen LogP contribution in [0.3, 0.4) is 0 Å². The molecular weight excluding hydrogens is 525 g/mol. The second kappa shape index (κ2) is 12.6. The number of hydrogen-bond acceptors (Lipinski definition) is 4. The smallest absolute Gasteiger partial charge is 0.326 e. The van der Waals surface area contributed by atoms with E-state index in [9.17, 15) is 19.5 Å². The number of halogens is 1. The summed E-state index contributed by atoms with van der Waals surface area (Å²) in [5.74, 6) is -2.39. The maximum atomic E-state index is 13.0. The molecule has 0 bridgehead atoms. The van der Waals surface area contributed by atoms with Gasteiger partial charge >= 0.3 is 5.97 Å². The van der Waals surface area contributed by atoms with E-state index in [0.717, 1.165) is 9.13 Å². The van der Waals surface area contributed by atoms with Crippen LogP contribution >= 0.6 is 22.6 Å². The predicted molar refractivity (Wildman–Crippen MR) is 129 cm³/mol. The van der Waals surface area contributed by atoms with Crippen molar-refractivity contribution in [1.29, 1.82) is 5.41 Å². The van der Waals surface area contributed by atoms with Gasteiger partial charge in [-0.25, -0.2) is 4.79 Å². The average Bonchev–Trinajstić information content (AvgIpc) is 2.76. The molecule has 10 heteroatoms. The van der Waals surface area contributed by atoms with Gasteiger partial charge in [0.05, 0.1) is 0 Å². The Bertz CT molecular complexity index is 937. The second-order valence-corrected chi connectivity index (χ2v) is 8.35. The Kier molecular flexibility index (Phi) is 9.92. The van der Waals surface area contributed by atoms with Crippen LogP contribution < -0.4 is 21.7 Å². The average molecular weight is 551 g/mol. The molecule has 0 aliphatic carbocycles. The Hall–Kier alpha value is -3.15. The lowest BCUT2D eigenvalue weighted by atomic mass is 10.0. The fraction of sp³-hybridized carbons (Fsp3) is 0.273. The van der Waals surface area contributed by atoms with Gasteiger partial charge in [0.25, 0.3) is 5.91 Å². The maximum absolute atomic E-state index is 13.0.